The molecule has 5 nitrogen and oxygen atoms in total. The van der Waals surface area contributed by atoms with E-state index in [2.05, 4.69) is 27.2 Å². The van der Waals surface area contributed by atoms with Gasteiger partial charge in [0.25, 0.3) is 5.91 Å². The summed E-state index contributed by atoms with van der Waals surface area (Å²) >= 11 is 0. The van der Waals surface area contributed by atoms with Crippen LogP contribution >= 0.6 is 0 Å². The molecule has 4 rings (SSSR count). The minimum Gasteiger partial charge on any atom is -0.465 e. The van der Waals surface area contributed by atoms with E-state index in [1.165, 1.54) is 42.0 Å². The number of rotatable bonds is 3. The molecule has 1 aromatic heterocycles. The molecule has 1 heterocycles. The fourth-order valence-electron chi connectivity index (χ4n) is 3.31. The van der Waals surface area contributed by atoms with Gasteiger partial charge in [-0.2, -0.15) is 0 Å². The molecule has 0 bridgehead atoms. The zero-order valence-electron chi connectivity index (χ0n) is 13.7. The van der Waals surface area contributed by atoms with Crippen molar-refractivity contribution in [1.29, 1.82) is 0 Å². The van der Waals surface area contributed by atoms with Gasteiger partial charge in [0.1, 0.15) is 5.69 Å². The third-order valence-electron chi connectivity index (χ3n) is 4.54. The highest BCUT2D eigenvalue weighted by Gasteiger charge is 2.17. The van der Waals surface area contributed by atoms with Crippen LogP contribution in [0.15, 0.2) is 48.7 Å². The summed E-state index contributed by atoms with van der Waals surface area (Å²) in [6.45, 7) is 0. The Kier molecular flexibility index (Phi) is 3.69. The van der Waals surface area contributed by atoms with Gasteiger partial charge in [0.2, 0.25) is 0 Å². The van der Waals surface area contributed by atoms with Gasteiger partial charge >= 0.3 is 5.97 Å². The van der Waals surface area contributed by atoms with Gasteiger partial charge in [0, 0.05) is 17.3 Å². The number of pyridine rings is 1. The van der Waals surface area contributed by atoms with Gasteiger partial charge in [-0.1, -0.05) is 24.3 Å². The highest BCUT2D eigenvalue weighted by Crippen LogP contribution is 2.35. The highest BCUT2D eigenvalue weighted by molar-refractivity contribution is 6.09. The molecule has 0 atom stereocenters. The molecule has 0 saturated heterocycles. The molecular weight excluding hydrogens is 316 g/mol. The van der Waals surface area contributed by atoms with Gasteiger partial charge in [0.15, 0.2) is 0 Å². The summed E-state index contributed by atoms with van der Waals surface area (Å²) in [6.07, 6.45) is 3.43. The van der Waals surface area contributed by atoms with Crippen molar-refractivity contribution in [2.45, 2.75) is 12.8 Å². The van der Waals surface area contributed by atoms with Gasteiger partial charge in [-0.25, -0.2) is 4.79 Å². The number of aryl methyl sites for hydroxylation is 2. The standard InChI is InChI=1S/C20H16N2O3/c1-25-20(24)14-8-10-17(21-11-14)19(23)22-16-9-7-13-6-5-12-3-2-4-15(16)18(12)13/h2-4,7-11H,5-6H2,1H3,(H,22,23). The van der Waals surface area contributed by atoms with Crippen LogP contribution in [0.4, 0.5) is 5.69 Å². The lowest BCUT2D eigenvalue weighted by molar-refractivity contribution is 0.0600. The van der Waals surface area contributed by atoms with Gasteiger partial charge in [-0.3, -0.25) is 9.78 Å². The normalized spacial score (nSPS) is 12.2. The van der Waals surface area contributed by atoms with Crippen molar-refractivity contribution in [2.24, 2.45) is 0 Å². The molecule has 0 unspecified atom stereocenters. The van der Waals surface area contributed by atoms with Crippen LogP contribution in [-0.4, -0.2) is 24.0 Å². The number of esters is 1. The van der Waals surface area contributed by atoms with Crippen molar-refractivity contribution in [3.8, 4) is 0 Å². The first-order chi connectivity index (χ1) is 12.2. The van der Waals surface area contributed by atoms with E-state index in [0.29, 0.717) is 5.56 Å². The topological polar surface area (TPSA) is 68.3 Å². The molecule has 1 amide bonds. The van der Waals surface area contributed by atoms with Crippen molar-refractivity contribution in [2.75, 3.05) is 12.4 Å². The second kappa shape index (κ2) is 6.02. The Morgan fingerprint density at radius 1 is 1.04 bits per heavy atom. The monoisotopic (exact) mass is 332 g/mol. The molecule has 3 aromatic rings. The van der Waals surface area contributed by atoms with Crippen molar-refractivity contribution in [1.82, 2.24) is 4.98 Å². The van der Waals surface area contributed by atoms with Crippen LogP contribution in [0.5, 0.6) is 0 Å². The minimum atomic E-state index is -0.480. The van der Waals surface area contributed by atoms with Gasteiger partial charge in [-0.05, 0) is 47.6 Å². The highest BCUT2D eigenvalue weighted by atomic mass is 16.5. The number of benzene rings is 2. The average molecular weight is 332 g/mol. The third kappa shape index (κ3) is 2.63. The number of methoxy groups -OCH3 is 1. The lowest BCUT2D eigenvalue weighted by Gasteiger charge is -2.10. The summed E-state index contributed by atoms with van der Waals surface area (Å²) in [5.74, 6) is -0.790. The molecule has 1 aliphatic rings. The molecule has 25 heavy (non-hydrogen) atoms. The van der Waals surface area contributed by atoms with Crippen LogP contribution in [0.1, 0.15) is 32.0 Å². The number of nitrogens with one attached hydrogen (secondary N) is 1. The third-order valence-corrected chi connectivity index (χ3v) is 4.54. The second-order valence-electron chi connectivity index (χ2n) is 5.99. The largest absolute Gasteiger partial charge is 0.465 e. The summed E-state index contributed by atoms with van der Waals surface area (Å²) in [6, 6.07) is 13.2. The predicted molar refractivity (Wildman–Crippen MR) is 94.9 cm³/mol. The Labute approximate surface area is 144 Å². The first-order valence-corrected chi connectivity index (χ1v) is 8.06. The number of hydrogen-bond donors (Lipinski definition) is 1. The van der Waals surface area contributed by atoms with Gasteiger partial charge in [-0.15, -0.1) is 0 Å². The zero-order chi connectivity index (χ0) is 17.4. The number of anilines is 1. The Morgan fingerprint density at radius 3 is 2.56 bits per heavy atom. The number of carbonyl (C=O) groups excluding carboxylic acids is 2. The van der Waals surface area contributed by atoms with Crippen LogP contribution in [0.3, 0.4) is 0 Å². The average Bonchev–Trinajstić information content (AvgIpc) is 3.08. The zero-order valence-corrected chi connectivity index (χ0v) is 13.7. The molecule has 0 saturated carbocycles. The van der Waals surface area contributed by atoms with E-state index in [4.69, 9.17) is 0 Å². The molecule has 1 N–H and O–H groups in total. The maximum Gasteiger partial charge on any atom is 0.339 e. The summed E-state index contributed by atoms with van der Waals surface area (Å²) in [5.41, 5.74) is 3.97. The van der Waals surface area contributed by atoms with E-state index in [1.807, 2.05) is 18.2 Å². The predicted octanol–water partition coefficient (Wildman–Crippen LogP) is 3.37. The summed E-state index contributed by atoms with van der Waals surface area (Å²) in [7, 11) is 1.30. The van der Waals surface area contributed by atoms with Crippen LogP contribution in [0.25, 0.3) is 10.8 Å². The number of carbonyl (C=O) groups is 2. The molecule has 0 spiro atoms. The maximum atomic E-state index is 12.5. The smallest absolute Gasteiger partial charge is 0.339 e. The Bertz CT molecular complexity index is 983. The van der Waals surface area contributed by atoms with Crippen molar-refractivity contribution in [3.05, 3.63) is 71.0 Å². The van der Waals surface area contributed by atoms with E-state index in [1.54, 1.807) is 0 Å². The van der Waals surface area contributed by atoms with Crippen LogP contribution in [-0.2, 0) is 17.6 Å². The first kappa shape index (κ1) is 15.3. The van der Waals surface area contributed by atoms with Crippen LogP contribution < -0.4 is 5.32 Å². The molecule has 124 valence electrons. The summed E-state index contributed by atoms with van der Waals surface area (Å²) in [4.78, 5) is 28.0. The number of ether oxygens (including phenoxy) is 1. The Hall–Kier alpha value is -3.21. The molecule has 1 aliphatic carbocycles. The molecule has 0 fully saturated rings. The Morgan fingerprint density at radius 2 is 1.84 bits per heavy atom. The summed E-state index contributed by atoms with van der Waals surface area (Å²) in [5, 5.41) is 5.22. The quantitative estimate of drug-likeness (QED) is 0.747. The first-order valence-electron chi connectivity index (χ1n) is 8.06. The molecule has 0 radical (unpaired) electrons. The van der Waals surface area contributed by atoms with Gasteiger partial charge in [0.05, 0.1) is 12.7 Å². The van der Waals surface area contributed by atoms with E-state index in [0.717, 1.165) is 23.9 Å². The molecular formula is C20H16N2O3. The molecule has 5 heteroatoms. The van der Waals surface area contributed by atoms with Crippen molar-refractivity contribution >= 4 is 28.3 Å². The number of nitrogens with zero attached hydrogens (tertiary/aromatic N) is 1. The molecule has 2 aromatic carbocycles. The number of hydrogen-bond acceptors (Lipinski definition) is 4. The van der Waals surface area contributed by atoms with E-state index < -0.39 is 5.97 Å². The summed E-state index contributed by atoms with van der Waals surface area (Å²) < 4.78 is 4.63. The van der Waals surface area contributed by atoms with E-state index in [9.17, 15) is 9.59 Å². The van der Waals surface area contributed by atoms with E-state index in [-0.39, 0.29) is 11.6 Å². The fraction of sp³-hybridized carbons (Fsp3) is 0.150. The lowest BCUT2D eigenvalue weighted by Crippen LogP contribution is -2.14. The van der Waals surface area contributed by atoms with Crippen LogP contribution in [0, 0.1) is 0 Å². The SMILES string of the molecule is COC(=O)c1ccc(C(=O)Nc2ccc3c4c(cccc24)CC3)nc1. The van der Waals surface area contributed by atoms with Gasteiger partial charge < -0.3 is 10.1 Å². The minimum absolute atomic E-state index is 0.246. The van der Waals surface area contributed by atoms with Crippen molar-refractivity contribution < 1.29 is 14.3 Å². The lowest BCUT2D eigenvalue weighted by atomic mass is 10.0. The molecule has 0 aliphatic heterocycles. The van der Waals surface area contributed by atoms with Crippen molar-refractivity contribution in [3.63, 3.8) is 0 Å². The maximum absolute atomic E-state index is 12.5. The second-order valence-corrected chi connectivity index (χ2v) is 5.99. The van der Waals surface area contributed by atoms with Crippen LogP contribution in [0.2, 0.25) is 0 Å². The number of aromatic nitrogens is 1. The Balaban J connectivity index is 1.64. The van der Waals surface area contributed by atoms with E-state index >= 15 is 0 Å². The fourth-order valence-corrected chi connectivity index (χ4v) is 3.31. The number of amides is 1.